The van der Waals surface area contributed by atoms with Crippen molar-refractivity contribution in [3.05, 3.63) is 46.9 Å². The van der Waals surface area contributed by atoms with Crippen LogP contribution in [0.5, 0.6) is 0 Å². The van der Waals surface area contributed by atoms with Gasteiger partial charge in [-0.3, -0.25) is 4.79 Å². The Morgan fingerprint density at radius 2 is 2.14 bits per heavy atom. The van der Waals surface area contributed by atoms with Crippen molar-refractivity contribution in [2.24, 2.45) is 0 Å². The highest BCUT2D eigenvalue weighted by molar-refractivity contribution is 5.99. The van der Waals surface area contributed by atoms with Crippen LogP contribution in [0.4, 0.5) is 10.3 Å². The molecule has 0 bridgehead atoms. The van der Waals surface area contributed by atoms with Gasteiger partial charge in [-0.15, -0.1) is 0 Å². The van der Waals surface area contributed by atoms with Gasteiger partial charge in [-0.05, 0) is 29.3 Å². The second-order valence-electron chi connectivity index (χ2n) is 5.17. The summed E-state index contributed by atoms with van der Waals surface area (Å²) in [7, 11) is 0. The van der Waals surface area contributed by atoms with Gasteiger partial charge < -0.3 is 5.32 Å². The summed E-state index contributed by atoms with van der Waals surface area (Å²) in [5, 5.41) is 14.5. The van der Waals surface area contributed by atoms with Gasteiger partial charge in [-0.2, -0.15) is 4.68 Å². The van der Waals surface area contributed by atoms with Crippen LogP contribution in [0.2, 0.25) is 0 Å². The summed E-state index contributed by atoms with van der Waals surface area (Å²) in [6.45, 7) is 0. The first kappa shape index (κ1) is 12.2. The van der Waals surface area contributed by atoms with E-state index in [4.69, 9.17) is 0 Å². The van der Waals surface area contributed by atoms with Crippen molar-refractivity contribution in [1.82, 2.24) is 20.2 Å². The molecule has 0 unspecified atom stereocenters. The molecule has 1 aromatic heterocycles. The number of aromatic nitrogens is 4. The van der Waals surface area contributed by atoms with Crippen LogP contribution in [0.25, 0.3) is 0 Å². The monoisotopic (exact) mass is 285 g/mol. The van der Waals surface area contributed by atoms with E-state index >= 15 is 0 Å². The molecule has 2 aliphatic rings. The Balaban J connectivity index is 1.96. The van der Waals surface area contributed by atoms with Crippen molar-refractivity contribution < 1.29 is 9.18 Å². The Hall–Kier alpha value is -2.57. The van der Waals surface area contributed by atoms with Gasteiger partial charge in [0, 0.05) is 23.3 Å². The topological polar surface area (TPSA) is 72.7 Å². The van der Waals surface area contributed by atoms with E-state index in [0.29, 0.717) is 23.5 Å². The molecular formula is C14H12FN5O. The molecule has 106 valence electrons. The summed E-state index contributed by atoms with van der Waals surface area (Å²) >= 11 is 0. The van der Waals surface area contributed by atoms with Crippen LogP contribution in [0.15, 0.2) is 35.5 Å². The number of hydrogen-bond acceptors (Lipinski definition) is 5. The van der Waals surface area contributed by atoms with Crippen LogP contribution in [0.3, 0.4) is 0 Å². The van der Waals surface area contributed by atoms with Crippen LogP contribution in [-0.4, -0.2) is 26.0 Å². The number of carbonyl (C=O) groups excluding carboxylic acids is 1. The fourth-order valence-corrected chi connectivity index (χ4v) is 3.00. The first-order valence-electron chi connectivity index (χ1n) is 6.81. The smallest absolute Gasteiger partial charge is 0.248 e. The van der Waals surface area contributed by atoms with E-state index in [-0.39, 0.29) is 11.6 Å². The Labute approximate surface area is 119 Å². The van der Waals surface area contributed by atoms with Crippen molar-refractivity contribution in [1.29, 1.82) is 0 Å². The lowest BCUT2D eigenvalue weighted by atomic mass is 9.85. The molecule has 7 heteroatoms. The summed E-state index contributed by atoms with van der Waals surface area (Å²) in [5.41, 5.74) is 1.79. The van der Waals surface area contributed by atoms with Crippen LogP contribution in [0, 0.1) is 5.82 Å². The normalized spacial score (nSPS) is 20.8. The molecule has 0 radical (unpaired) electrons. The summed E-state index contributed by atoms with van der Waals surface area (Å²) in [5.74, 6) is 0.103. The number of hydrogen-bond donors (Lipinski definition) is 1. The molecule has 1 N–H and O–H groups in total. The minimum absolute atomic E-state index is 0.0261. The van der Waals surface area contributed by atoms with E-state index in [9.17, 15) is 9.18 Å². The average Bonchev–Trinajstić information content (AvgIpc) is 2.94. The van der Waals surface area contributed by atoms with E-state index in [0.717, 1.165) is 18.5 Å². The number of anilines is 1. The van der Waals surface area contributed by atoms with E-state index in [1.54, 1.807) is 18.2 Å². The fourth-order valence-electron chi connectivity index (χ4n) is 3.00. The number of benzene rings is 1. The first-order chi connectivity index (χ1) is 10.3. The predicted octanol–water partition coefficient (Wildman–Crippen LogP) is 1.83. The van der Waals surface area contributed by atoms with Gasteiger partial charge in [0.2, 0.25) is 5.95 Å². The number of Topliss-reactive ketones (excluding diaryl/α,β-unsaturated/α-hetero) is 1. The maximum atomic E-state index is 14.2. The molecule has 4 rings (SSSR count). The summed E-state index contributed by atoms with van der Waals surface area (Å²) in [6.07, 6.45) is 2.01. The number of ketones is 1. The van der Waals surface area contributed by atoms with Gasteiger partial charge in [-0.1, -0.05) is 23.3 Å². The maximum Gasteiger partial charge on any atom is 0.248 e. The lowest BCUT2D eigenvalue weighted by molar-refractivity contribution is -0.116. The average molecular weight is 285 g/mol. The molecule has 6 nitrogen and oxygen atoms in total. The summed E-state index contributed by atoms with van der Waals surface area (Å²) in [4.78, 5) is 12.4. The van der Waals surface area contributed by atoms with E-state index in [1.165, 1.54) is 10.7 Å². The SMILES string of the molecule is O=C1CCCC2=C1[C@H](c1ccccc1F)n1nnnc1N2. The van der Waals surface area contributed by atoms with Crippen molar-refractivity contribution in [2.75, 3.05) is 5.32 Å². The molecule has 0 fully saturated rings. The molecule has 0 amide bonds. The molecule has 1 aromatic carbocycles. The number of halogens is 1. The molecule has 0 saturated carbocycles. The minimum atomic E-state index is -0.597. The zero-order valence-electron chi connectivity index (χ0n) is 11.1. The number of nitrogens with one attached hydrogen (secondary N) is 1. The molecule has 1 atom stereocenters. The summed E-state index contributed by atoms with van der Waals surface area (Å²) in [6, 6.07) is 5.83. The third kappa shape index (κ3) is 1.77. The quantitative estimate of drug-likeness (QED) is 0.865. The fraction of sp³-hybridized carbons (Fsp3) is 0.286. The Morgan fingerprint density at radius 3 is 3.00 bits per heavy atom. The number of tetrazole rings is 1. The Kier molecular flexibility index (Phi) is 2.60. The second kappa shape index (κ2) is 4.47. The van der Waals surface area contributed by atoms with E-state index < -0.39 is 6.04 Å². The molecule has 2 heterocycles. The predicted molar refractivity (Wildman–Crippen MR) is 71.9 cm³/mol. The van der Waals surface area contributed by atoms with E-state index in [2.05, 4.69) is 20.8 Å². The third-order valence-corrected chi connectivity index (χ3v) is 3.93. The number of nitrogens with zero attached hydrogens (tertiary/aromatic N) is 4. The Bertz CT molecular complexity index is 766. The van der Waals surface area contributed by atoms with Gasteiger partial charge in [0.1, 0.15) is 11.9 Å². The van der Waals surface area contributed by atoms with Crippen LogP contribution in [-0.2, 0) is 4.79 Å². The minimum Gasteiger partial charge on any atom is -0.326 e. The van der Waals surface area contributed by atoms with Gasteiger partial charge in [0.05, 0.1) is 0 Å². The van der Waals surface area contributed by atoms with Crippen LogP contribution in [0.1, 0.15) is 30.9 Å². The lowest BCUT2D eigenvalue weighted by Crippen LogP contribution is -2.32. The Morgan fingerprint density at radius 1 is 1.29 bits per heavy atom. The van der Waals surface area contributed by atoms with Gasteiger partial charge in [0.15, 0.2) is 5.78 Å². The van der Waals surface area contributed by atoms with E-state index in [1.807, 2.05) is 0 Å². The number of allylic oxidation sites excluding steroid dienone is 2. The third-order valence-electron chi connectivity index (χ3n) is 3.93. The second-order valence-corrected chi connectivity index (χ2v) is 5.17. The van der Waals surface area contributed by atoms with Crippen molar-refractivity contribution in [3.8, 4) is 0 Å². The van der Waals surface area contributed by atoms with Gasteiger partial charge in [0.25, 0.3) is 0 Å². The molecule has 0 spiro atoms. The summed E-state index contributed by atoms with van der Waals surface area (Å²) < 4.78 is 15.7. The highest BCUT2D eigenvalue weighted by Gasteiger charge is 2.37. The molecule has 1 aliphatic carbocycles. The molecule has 2 aromatic rings. The molecule has 21 heavy (non-hydrogen) atoms. The van der Waals surface area contributed by atoms with Gasteiger partial charge >= 0.3 is 0 Å². The zero-order valence-corrected chi connectivity index (χ0v) is 11.1. The highest BCUT2D eigenvalue weighted by atomic mass is 19.1. The van der Waals surface area contributed by atoms with Crippen LogP contribution < -0.4 is 5.32 Å². The molecular weight excluding hydrogens is 273 g/mol. The number of carbonyl (C=O) groups is 1. The number of fused-ring (bicyclic) bond motifs is 1. The van der Waals surface area contributed by atoms with Crippen molar-refractivity contribution >= 4 is 11.7 Å². The zero-order chi connectivity index (χ0) is 14.4. The number of rotatable bonds is 1. The van der Waals surface area contributed by atoms with Crippen LogP contribution >= 0.6 is 0 Å². The van der Waals surface area contributed by atoms with Gasteiger partial charge in [-0.25, -0.2) is 4.39 Å². The molecule has 0 saturated heterocycles. The maximum absolute atomic E-state index is 14.2. The standard InChI is InChI=1S/C14H12FN5O/c15-9-5-2-1-4-8(9)13-12-10(6-3-7-11(12)21)16-14-17-18-19-20(13)14/h1-2,4-5,13H,3,6-7H2,(H,16,17,19)/t13-/m0/s1. The lowest BCUT2D eigenvalue weighted by Gasteiger charge is -2.31. The first-order valence-corrected chi connectivity index (χ1v) is 6.81. The van der Waals surface area contributed by atoms with Crippen molar-refractivity contribution in [2.45, 2.75) is 25.3 Å². The highest BCUT2D eigenvalue weighted by Crippen LogP contribution is 2.39. The molecule has 1 aliphatic heterocycles. The largest absolute Gasteiger partial charge is 0.326 e. The van der Waals surface area contributed by atoms with Crippen molar-refractivity contribution in [3.63, 3.8) is 0 Å².